The minimum Gasteiger partial charge on any atom is -0.456 e. The van der Waals surface area contributed by atoms with Gasteiger partial charge in [0.05, 0.1) is 0 Å². The molecule has 2 nitrogen and oxygen atoms in total. The Morgan fingerprint density at radius 3 is 1.57 bits per heavy atom. The van der Waals surface area contributed by atoms with E-state index in [4.69, 9.17) is 9.47 Å². The SMILES string of the molecule is CCC1(CC)c2cccc(CC(C)C3(C(C)C)c4ccccc4Oc4c3cc3ccc5cccc6ccc4c3c56)c2Oc2c1cc1ccc3cccc4ccc2c1c34. The molecule has 58 heavy (non-hydrogen) atoms. The van der Waals surface area contributed by atoms with Gasteiger partial charge in [-0.3, -0.25) is 0 Å². The fourth-order valence-corrected chi connectivity index (χ4v) is 12.3. The minimum absolute atomic E-state index is 0.171. The summed E-state index contributed by atoms with van der Waals surface area (Å²) in [5, 5.41) is 15.3. The van der Waals surface area contributed by atoms with Crippen molar-refractivity contribution < 1.29 is 9.47 Å². The van der Waals surface area contributed by atoms with E-state index in [1.165, 1.54) is 92.5 Å². The van der Waals surface area contributed by atoms with Crippen LogP contribution < -0.4 is 9.47 Å². The summed E-state index contributed by atoms with van der Waals surface area (Å²) >= 11 is 0. The van der Waals surface area contributed by atoms with Crippen molar-refractivity contribution in [1.29, 1.82) is 0 Å². The van der Waals surface area contributed by atoms with Crippen molar-refractivity contribution >= 4 is 64.6 Å². The topological polar surface area (TPSA) is 18.5 Å². The molecule has 0 spiro atoms. The molecule has 282 valence electrons. The number of hydrogen-bond acceptors (Lipinski definition) is 2. The maximum atomic E-state index is 7.45. The fourth-order valence-electron chi connectivity index (χ4n) is 12.3. The van der Waals surface area contributed by atoms with Gasteiger partial charge in [0.25, 0.3) is 0 Å². The molecule has 0 bridgehead atoms. The molecule has 0 aliphatic carbocycles. The number of benzene rings is 10. The first-order valence-electron chi connectivity index (χ1n) is 21.4. The summed E-state index contributed by atoms with van der Waals surface area (Å²) in [6.07, 6.45) is 2.84. The molecule has 0 radical (unpaired) electrons. The molecule has 0 N–H and O–H groups in total. The standard InChI is InChI=1S/C56H46O2/c1-6-55(7-2)44-19-12-17-40(52(44)58-53-41-27-25-36-15-10-13-34-21-23-38(30-45(53)55)50(41)48(34)36)29-33(5)56(32(3)4)43-18-8-9-20-47(43)57-54-42-28-26-37-16-11-14-35-22-24-39(31-46(54)56)51(42)49(35)37/h8-28,30-33H,6-7,29H2,1-5H3. The number of ether oxygens (including phenoxy) is 2. The molecular formula is C56H46O2. The van der Waals surface area contributed by atoms with Gasteiger partial charge in [-0.1, -0.05) is 144 Å². The van der Waals surface area contributed by atoms with Gasteiger partial charge in [-0.15, -0.1) is 0 Å². The van der Waals surface area contributed by atoms with Crippen molar-refractivity contribution in [2.45, 2.75) is 64.7 Å². The summed E-state index contributed by atoms with van der Waals surface area (Å²) in [5.41, 5.74) is 5.96. The average molecular weight is 751 g/mol. The Morgan fingerprint density at radius 1 is 0.448 bits per heavy atom. The molecule has 0 saturated carbocycles. The van der Waals surface area contributed by atoms with Crippen LogP contribution in [-0.2, 0) is 17.3 Å². The van der Waals surface area contributed by atoms with E-state index in [0.29, 0.717) is 0 Å². The van der Waals surface area contributed by atoms with Crippen LogP contribution in [0.15, 0.2) is 140 Å². The first kappa shape index (κ1) is 34.0. The second kappa shape index (κ2) is 12.0. The van der Waals surface area contributed by atoms with Crippen molar-refractivity contribution in [2.75, 3.05) is 0 Å². The second-order valence-corrected chi connectivity index (χ2v) is 17.6. The van der Waals surface area contributed by atoms with Crippen LogP contribution >= 0.6 is 0 Å². The molecule has 2 aliphatic heterocycles. The lowest BCUT2D eigenvalue weighted by Crippen LogP contribution is -2.43. The van der Waals surface area contributed by atoms with E-state index in [9.17, 15) is 0 Å². The molecule has 0 amide bonds. The number of hydrogen-bond donors (Lipinski definition) is 0. The minimum atomic E-state index is -0.337. The highest BCUT2D eigenvalue weighted by molar-refractivity contribution is 6.26. The molecular weight excluding hydrogens is 705 g/mol. The van der Waals surface area contributed by atoms with Crippen molar-refractivity contribution in [3.63, 3.8) is 0 Å². The highest BCUT2D eigenvalue weighted by Crippen LogP contribution is 2.61. The predicted octanol–water partition coefficient (Wildman–Crippen LogP) is 15.6. The molecule has 0 fully saturated rings. The van der Waals surface area contributed by atoms with E-state index in [1.54, 1.807) is 0 Å². The van der Waals surface area contributed by atoms with E-state index in [0.717, 1.165) is 42.3 Å². The quantitative estimate of drug-likeness (QED) is 0.158. The maximum Gasteiger partial charge on any atom is 0.139 e. The lowest BCUT2D eigenvalue weighted by atomic mass is 9.57. The Hall–Kier alpha value is -6.12. The number of rotatable bonds is 6. The normalized spacial score (nSPS) is 17.5. The molecule has 2 aliphatic rings. The highest BCUT2D eigenvalue weighted by atomic mass is 16.5. The third-order valence-corrected chi connectivity index (χ3v) is 14.9. The van der Waals surface area contributed by atoms with Gasteiger partial charge in [0.15, 0.2) is 0 Å². The van der Waals surface area contributed by atoms with Gasteiger partial charge in [-0.2, -0.15) is 0 Å². The fraction of sp³-hybridized carbons (Fsp3) is 0.214. The van der Waals surface area contributed by atoms with Crippen LogP contribution in [0.2, 0.25) is 0 Å². The summed E-state index contributed by atoms with van der Waals surface area (Å²) in [7, 11) is 0. The van der Waals surface area contributed by atoms with E-state index >= 15 is 0 Å². The van der Waals surface area contributed by atoms with Gasteiger partial charge in [-0.05, 0) is 110 Å². The second-order valence-electron chi connectivity index (χ2n) is 17.6. The summed E-state index contributed by atoms with van der Waals surface area (Å²) in [6.45, 7) is 12.0. The monoisotopic (exact) mass is 750 g/mol. The van der Waals surface area contributed by atoms with E-state index < -0.39 is 0 Å². The summed E-state index contributed by atoms with van der Waals surface area (Å²) in [5.74, 6) is 4.52. The van der Waals surface area contributed by atoms with Crippen molar-refractivity contribution in [1.82, 2.24) is 0 Å². The van der Waals surface area contributed by atoms with Crippen molar-refractivity contribution in [3.05, 3.63) is 167 Å². The van der Waals surface area contributed by atoms with E-state index in [1.807, 2.05) is 0 Å². The van der Waals surface area contributed by atoms with Crippen LogP contribution in [0.1, 0.15) is 75.3 Å². The van der Waals surface area contributed by atoms with Crippen LogP contribution in [0.3, 0.4) is 0 Å². The van der Waals surface area contributed by atoms with Gasteiger partial charge in [-0.25, -0.2) is 0 Å². The van der Waals surface area contributed by atoms with Crippen LogP contribution in [0.25, 0.3) is 64.6 Å². The molecule has 2 atom stereocenters. The predicted molar refractivity (Wildman–Crippen MR) is 243 cm³/mol. The maximum absolute atomic E-state index is 7.45. The Morgan fingerprint density at radius 2 is 0.966 bits per heavy atom. The largest absolute Gasteiger partial charge is 0.456 e. The van der Waals surface area contributed by atoms with E-state index in [2.05, 4.69) is 174 Å². The van der Waals surface area contributed by atoms with Gasteiger partial charge >= 0.3 is 0 Å². The van der Waals surface area contributed by atoms with Gasteiger partial charge < -0.3 is 9.47 Å². The third-order valence-electron chi connectivity index (χ3n) is 14.9. The Kier molecular flexibility index (Phi) is 7.00. The molecule has 2 heterocycles. The third kappa shape index (κ3) is 4.18. The zero-order chi connectivity index (χ0) is 39.1. The van der Waals surface area contributed by atoms with Gasteiger partial charge in [0.2, 0.25) is 0 Å². The zero-order valence-corrected chi connectivity index (χ0v) is 33.9. The molecule has 0 saturated heterocycles. The van der Waals surface area contributed by atoms with Crippen LogP contribution in [0.4, 0.5) is 0 Å². The molecule has 12 rings (SSSR count). The Bertz CT molecular complexity index is 3260. The van der Waals surface area contributed by atoms with Crippen molar-refractivity contribution in [2.24, 2.45) is 11.8 Å². The molecule has 10 aromatic rings. The number of fused-ring (bicyclic) bond motifs is 6. The smallest absolute Gasteiger partial charge is 0.139 e. The first-order chi connectivity index (χ1) is 28.4. The van der Waals surface area contributed by atoms with Crippen LogP contribution in [0, 0.1) is 11.8 Å². The molecule has 0 aromatic heterocycles. The Labute approximate surface area is 339 Å². The lowest BCUT2D eigenvalue weighted by Gasteiger charge is -2.48. The summed E-state index contributed by atoms with van der Waals surface area (Å²) in [4.78, 5) is 0. The van der Waals surface area contributed by atoms with Gasteiger partial charge in [0, 0.05) is 54.6 Å². The molecule has 10 aromatic carbocycles. The Balaban J connectivity index is 1.07. The molecule has 2 unspecified atom stereocenters. The van der Waals surface area contributed by atoms with E-state index in [-0.39, 0.29) is 22.7 Å². The molecule has 2 heteroatoms. The zero-order valence-electron chi connectivity index (χ0n) is 33.9. The first-order valence-corrected chi connectivity index (χ1v) is 21.4. The highest BCUT2D eigenvalue weighted by Gasteiger charge is 2.50. The van der Waals surface area contributed by atoms with Crippen molar-refractivity contribution in [3.8, 4) is 23.0 Å². The van der Waals surface area contributed by atoms with Crippen LogP contribution in [-0.4, -0.2) is 0 Å². The lowest BCUT2D eigenvalue weighted by molar-refractivity contribution is 0.228. The van der Waals surface area contributed by atoms with Gasteiger partial charge in [0.1, 0.15) is 23.0 Å². The average Bonchev–Trinajstić information content (AvgIpc) is 3.25. The summed E-state index contributed by atoms with van der Waals surface area (Å²) < 4.78 is 14.5. The number of para-hydroxylation sites is 2. The van der Waals surface area contributed by atoms with Crippen LogP contribution in [0.5, 0.6) is 23.0 Å². The summed E-state index contributed by atoms with van der Waals surface area (Å²) in [6, 6.07) is 52.4.